The van der Waals surface area contributed by atoms with E-state index < -0.39 is 24.4 Å². The van der Waals surface area contributed by atoms with Crippen molar-refractivity contribution < 1.29 is 24.8 Å². The van der Waals surface area contributed by atoms with E-state index in [-0.39, 0.29) is 13.4 Å². The zero-order valence-corrected chi connectivity index (χ0v) is 7.59. The molecule has 0 radical (unpaired) electrons. The lowest BCUT2D eigenvalue weighted by molar-refractivity contribution is -0.117. The fourth-order valence-corrected chi connectivity index (χ4v) is 1.37. The number of hydrogen-bond acceptors (Lipinski definition) is 5. The minimum Gasteiger partial charge on any atom is -0.394 e. The molecule has 0 aromatic heterocycles. The number of hydrogen-bond donors (Lipinski definition) is 3. The smallest absolute Gasteiger partial charge is 0.147 e. The largest absolute Gasteiger partial charge is 0.394 e. The van der Waals surface area contributed by atoms with Gasteiger partial charge in [0.2, 0.25) is 0 Å². The summed E-state index contributed by atoms with van der Waals surface area (Å²) < 4.78 is 10.1. The summed E-state index contributed by atoms with van der Waals surface area (Å²) in [6.45, 7) is 1.52. The molecule has 5 nitrogen and oxygen atoms in total. The Morgan fingerprint density at radius 1 is 1.15 bits per heavy atom. The lowest BCUT2D eigenvalue weighted by Gasteiger charge is -2.24. The topological polar surface area (TPSA) is 79.2 Å². The van der Waals surface area contributed by atoms with Crippen molar-refractivity contribution in [3.05, 3.63) is 0 Å². The van der Waals surface area contributed by atoms with Gasteiger partial charge in [-0.25, -0.2) is 0 Å². The summed E-state index contributed by atoms with van der Waals surface area (Å²) >= 11 is 0. The average Bonchev–Trinajstić information content (AvgIpc) is 2.28. The van der Waals surface area contributed by atoms with Gasteiger partial charge in [-0.1, -0.05) is 6.92 Å². The van der Waals surface area contributed by atoms with Crippen LogP contribution in [0.2, 0.25) is 0 Å². The standard InChI is InChI=1S/C8H16O5/c1-2-5-7(10)8(11)6(3-9)13-4-12-5/h5-11H,2-4H2,1H3. The maximum absolute atomic E-state index is 9.55. The highest BCUT2D eigenvalue weighted by Crippen LogP contribution is 2.17. The molecule has 0 saturated carbocycles. The van der Waals surface area contributed by atoms with Gasteiger partial charge in [0.25, 0.3) is 0 Å². The number of aliphatic hydroxyl groups is 3. The lowest BCUT2D eigenvalue weighted by atomic mass is 10.0. The van der Waals surface area contributed by atoms with Crippen LogP contribution in [0.15, 0.2) is 0 Å². The van der Waals surface area contributed by atoms with E-state index in [1.807, 2.05) is 6.92 Å². The maximum atomic E-state index is 9.55. The molecule has 0 aromatic carbocycles. The zero-order valence-electron chi connectivity index (χ0n) is 7.59. The Bertz CT molecular complexity index is 135. The molecular weight excluding hydrogens is 176 g/mol. The van der Waals surface area contributed by atoms with Crippen molar-refractivity contribution in [3.63, 3.8) is 0 Å². The summed E-state index contributed by atoms with van der Waals surface area (Å²) in [6, 6.07) is 0. The number of ether oxygens (including phenoxy) is 2. The van der Waals surface area contributed by atoms with Crippen molar-refractivity contribution in [1.29, 1.82) is 0 Å². The molecule has 78 valence electrons. The van der Waals surface area contributed by atoms with Crippen molar-refractivity contribution in [3.8, 4) is 0 Å². The van der Waals surface area contributed by atoms with Crippen molar-refractivity contribution in [2.24, 2.45) is 0 Å². The van der Waals surface area contributed by atoms with Gasteiger partial charge in [0.15, 0.2) is 0 Å². The predicted octanol–water partition coefficient (Wildman–Crippen LogP) is -1.15. The normalized spacial score (nSPS) is 41.5. The van der Waals surface area contributed by atoms with E-state index in [9.17, 15) is 10.2 Å². The molecular formula is C8H16O5. The van der Waals surface area contributed by atoms with Gasteiger partial charge in [-0.3, -0.25) is 0 Å². The fourth-order valence-electron chi connectivity index (χ4n) is 1.37. The van der Waals surface area contributed by atoms with Crippen LogP contribution in [0.3, 0.4) is 0 Å². The lowest BCUT2D eigenvalue weighted by Crippen LogP contribution is -2.44. The molecule has 0 aliphatic carbocycles. The Morgan fingerprint density at radius 2 is 1.69 bits per heavy atom. The van der Waals surface area contributed by atoms with Crippen LogP contribution in [0.25, 0.3) is 0 Å². The third kappa shape index (κ3) is 2.38. The molecule has 4 unspecified atom stereocenters. The summed E-state index contributed by atoms with van der Waals surface area (Å²) in [7, 11) is 0. The van der Waals surface area contributed by atoms with Crippen molar-refractivity contribution in [2.75, 3.05) is 13.4 Å². The van der Waals surface area contributed by atoms with E-state index in [0.717, 1.165) is 0 Å². The Morgan fingerprint density at radius 3 is 2.23 bits per heavy atom. The van der Waals surface area contributed by atoms with Gasteiger partial charge in [-0.05, 0) is 6.42 Å². The Kier molecular flexibility index (Phi) is 4.08. The van der Waals surface area contributed by atoms with Crippen LogP contribution in [0.1, 0.15) is 13.3 Å². The Labute approximate surface area is 76.9 Å². The highest BCUT2D eigenvalue weighted by Gasteiger charge is 2.35. The summed E-state index contributed by atoms with van der Waals surface area (Å²) in [6.07, 6.45) is -2.67. The van der Waals surface area contributed by atoms with Crippen molar-refractivity contribution in [1.82, 2.24) is 0 Å². The van der Waals surface area contributed by atoms with Crippen LogP contribution >= 0.6 is 0 Å². The van der Waals surface area contributed by atoms with Crippen LogP contribution < -0.4 is 0 Å². The Hall–Kier alpha value is -0.200. The summed E-state index contributed by atoms with van der Waals surface area (Å²) in [5, 5.41) is 27.9. The molecule has 5 heteroatoms. The van der Waals surface area contributed by atoms with Gasteiger partial charge in [-0.15, -0.1) is 0 Å². The van der Waals surface area contributed by atoms with E-state index in [2.05, 4.69) is 0 Å². The number of aliphatic hydroxyl groups excluding tert-OH is 3. The molecule has 1 heterocycles. The van der Waals surface area contributed by atoms with E-state index >= 15 is 0 Å². The average molecular weight is 192 g/mol. The predicted molar refractivity (Wildman–Crippen MR) is 44.0 cm³/mol. The molecule has 0 aromatic rings. The second-order valence-corrected chi connectivity index (χ2v) is 3.10. The van der Waals surface area contributed by atoms with Gasteiger partial charge in [0.05, 0.1) is 12.7 Å². The highest BCUT2D eigenvalue weighted by atomic mass is 16.7. The molecule has 0 amide bonds. The fraction of sp³-hybridized carbons (Fsp3) is 1.00. The summed E-state index contributed by atoms with van der Waals surface area (Å²) in [4.78, 5) is 0. The first-order valence-corrected chi connectivity index (χ1v) is 4.40. The number of rotatable bonds is 2. The van der Waals surface area contributed by atoms with E-state index in [4.69, 9.17) is 14.6 Å². The molecule has 1 fully saturated rings. The molecule has 0 bridgehead atoms. The third-order valence-corrected chi connectivity index (χ3v) is 2.26. The quantitative estimate of drug-likeness (QED) is 0.515. The first kappa shape index (κ1) is 10.9. The van der Waals surface area contributed by atoms with E-state index in [1.165, 1.54) is 0 Å². The third-order valence-electron chi connectivity index (χ3n) is 2.26. The highest BCUT2D eigenvalue weighted by molar-refractivity contribution is 4.83. The van der Waals surface area contributed by atoms with Gasteiger partial charge in [-0.2, -0.15) is 0 Å². The second kappa shape index (κ2) is 4.88. The monoisotopic (exact) mass is 192 g/mol. The van der Waals surface area contributed by atoms with Crippen LogP contribution in [0.4, 0.5) is 0 Å². The Balaban J connectivity index is 2.61. The van der Waals surface area contributed by atoms with E-state index in [1.54, 1.807) is 0 Å². The second-order valence-electron chi connectivity index (χ2n) is 3.10. The van der Waals surface area contributed by atoms with E-state index in [0.29, 0.717) is 6.42 Å². The van der Waals surface area contributed by atoms with Crippen LogP contribution in [-0.2, 0) is 9.47 Å². The first-order chi connectivity index (χ1) is 6.20. The zero-order chi connectivity index (χ0) is 9.84. The maximum Gasteiger partial charge on any atom is 0.147 e. The molecule has 1 saturated heterocycles. The van der Waals surface area contributed by atoms with Gasteiger partial charge < -0.3 is 24.8 Å². The van der Waals surface area contributed by atoms with Gasteiger partial charge in [0.1, 0.15) is 25.1 Å². The molecule has 1 aliphatic heterocycles. The SMILES string of the molecule is CCC1OCOC(CO)C(O)C1O. The molecule has 13 heavy (non-hydrogen) atoms. The molecule has 4 atom stereocenters. The van der Waals surface area contributed by atoms with Crippen LogP contribution in [0, 0.1) is 0 Å². The first-order valence-electron chi connectivity index (χ1n) is 4.40. The minimum absolute atomic E-state index is 0.00213. The van der Waals surface area contributed by atoms with Gasteiger partial charge in [0, 0.05) is 0 Å². The van der Waals surface area contributed by atoms with Crippen LogP contribution in [0.5, 0.6) is 0 Å². The van der Waals surface area contributed by atoms with Crippen molar-refractivity contribution >= 4 is 0 Å². The minimum atomic E-state index is -1.09. The summed E-state index contributed by atoms with van der Waals surface area (Å²) in [5.41, 5.74) is 0. The molecule has 0 spiro atoms. The van der Waals surface area contributed by atoms with Gasteiger partial charge >= 0.3 is 0 Å². The molecule has 1 aliphatic rings. The molecule has 3 N–H and O–H groups in total. The van der Waals surface area contributed by atoms with Crippen molar-refractivity contribution in [2.45, 2.75) is 37.8 Å². The van der Waals surface area contributed by atoms with Crippen LogP contribution in [-0.4, -0.2) is 53.1 Å². The summed E-state index contributed by atoms with van der Waals surface area (Å²) in [5.74, 6) is 0. The molecule has 1 rings (SSSR count).